The van der Waals surface area contributed by atoms with Gasteiger partial charge in [-0.1, -0.05) is 18.2 Å². The molecule has 13 aliphatic rings. The Morgan fingerprint density at radius 3 is 1.54 bits per heavy atom. The number of ketones is 3. The molecular weight excluding hydrogens is 871 g/mol. The van der Waals surface area contributed by atoms with Gasteiger partial charge in [-0.25, -0.2) is 0 Å². The lowest BCUT2D eigenvalue weighted by Gasteiger charge is -2.60. The lowest BCUT2D eigenvalue weighted by molar-refractivity contribution is -0.155. The van der Waals surface area contributed by atoms with Crippen LogP contribution in [0, 0.1) is 5.92 Å². The molecule has 7 N–H and O–H groups in total. The van der Waals surface area contributed by atoms with E-state index >= 15 is 0 Å². The molecule has 3 aromatic rings. The molecule has 0 aromatic heterocycles. The van der Waals surface area contributed by atoms with E-state index in [-0.39, 0.29) is 52.7 Å². The summed E-state index contributed by atoms with van der Waals surface area (Å²) in [5.74, 6) is 1.72. The van der Waals surface area contributed by atoms with Crippen molar-refractivity contribution in [3.8, 4) is 34.5 Å². The number of piperidine rings is 3. The summed E-state index contributed by atoms with van der Waals surface area (Å²) >= 11 is 0. The fraction of sp³-hybridized carbons (Fsp3) is 0.491. The highest BCUT2D eigenvalue weighted by atomic mass is 16.5. The van der Waals surface area contributed by atoms with Crippen LogP contribution in [0.25, 0.3) is 0 Å². The monoisotopic (exact) mass is 923 g/mol. The normalized spacial score (nSPS) is 41.2. The zero-order chi connectivity index (χ0) is 46.7. The van der Waals surface area contributed by atoms with E-state index in [1.54, 1.807) is 36.4 Å². The third-order valence-corrected chi connectivity index (χ3v) is 19.0. The molecule has 12 atom stereocenters. The highest BCUT2D eigenvalue weighted by Gasteiger charge is 2.74. The molecule has 3 aromatic carbocycles. The molecule has 0 amide bonds. The lowest BCUT2D eigenvalue weighted by atomic mass is 9.51. The lowest BCUT2D eigenvalue weighted by Crippen LogP contribution is -2.75. The minimum absolute atomic E-state index is 0.0414. The topological polar surface area (TPSA) is 219 Å². The second kappa shape index (κ2) is 13.2. The number of nitrogens with zero attached hydrogens (tertiary/aromatic N) is 2. The number of aliphatic hydroxyl groups is 3. The van der Waals surface area contributed by atoms with Gasteiger partial charge in [0, 0.05) is 41.4 Å². The number of aromatic hydroxyl groups is 3. The fourth-order valence-corrected chi connectivity index (χ4v) is 15.8. The third kappa shape index (κ3) is 4.65. The molecule has 3 saturated heterocycles. The maximum absolute atomic E-state index is 12.6. The molecule has 3 unspecified atom stereocenters. The number of rotatable bonds is 2. The van der Waals surface area contributed by atoms with Crippen LogP contribution in [0.15, 0.2) is 72.9 Å². The van der Waals surface area contributed by atoms with E-state index in [9.17, 15) is 45.0 Å². The second-order valence-electron chi connectivity index (χ2n) is 21.8. The highest BCUT2D eigenvalue weighted by Crippen LogP contribution is 2.66. The van der Waals surface area contributed by atoms with Crippen molar-refractivity contribution >= 4 is 17.3 Å². The summed E-state index contributed by atoms with van der Waals surface area (Å²) in [5.41, 5.74) is 0.0980. The van der Waals surface area contributed by atoms with Gasteiger partial charge in [-0.3, -0.25) is 24.2 Å². The number of likely N-dealkylation sites (N-methyl/N-ethyl adjacent to an activating group) is 1. The number of carbonyl (C=O) groups is 3. The van der Waals surface area contributed by atoms with Crippen LogP contribution >= 0.6 is 0 Å². The second-order valence-corrected chi connectivity index (χ2v) is 21.8. The van der Waals surface area contributed by atoms with E-state index in [1.807, 2.05) is 25.2 Å². The van der Waals surface area contributed by atoms with Crippen molar-refractivity contribution in [1.82, 2.24) is 15.1 Å². The molecule has 3 spiro atoms. The van der Waals surface area contributed by atoms with Crippen LogP contribution in [0.3, 0.4) is 0 Å². The summed E-state index contributed by atoms with van der Waals surface area (Å²) in [5, 5.41) is 68.8. The Bertz CT molecular complexity index is 2950. The molecule has 16 rings (SSSR count). The Morgan fingerprint density at radius 1 is 0.588 bits per heavy atom. The summed E-state index contributed by atoms with van der Waals surface area (Å²) < 4.78 is 17.7. The summed E-state index contributed by atoms with van der Waals surface area (Å²) in [6, 6.07) is 10.4. The minimum Gasteiger partial charge on any atom is -0.504 e. The Kier molecular flexibility index (Phi) is 8.04. The van der Waals surface area contributed by atoms with Crippen LogP contribution in [0.4, 0.5) is 0 Å². The van der Waals surface area contributed by atoms with Gasteiger partial charge in [0.1, 0.15) is 16.8 Å². The van der Waals surface area contributed by atoms with Crippen molar-refractivity contribution in [2.24, 2.45) is 5.92 Å². The van der Waals surface area contributed by atoms with Gasteiger partial charge >= 0.3 is 0 Å². The average Bonchev–Trinajstić information content (AvgIpc) is 3.78. The number of hydrogen-bond donors (Lipinski definition) is 7. The van der Waals surface area contributed by atoms with Crippen molar-refractivity contribution in [3.63, 3.8) is 0 Å². The smallest absolute Gasteiger partial charge is 0.196 e. The van der Waals surface area contributed by atoms with E-state index in [0.717, 1.165) is 71.9 Å². The predicted octanol–water partition coefficient (Wildman–Crippen LogP) is 2.00. The van der Waals surface area contributed by atoms with E-state index in [2.05, 4.69) is 15.1 Å². The Balaban J connectivity index is 0.0000000969. The predicted molar refractivity (Wildman–Crippen MR) is 241 cm³/mol. The molecule has 6 bridgehead atoms. The van der Waals surface area contributed by atoms with Crippen LogP contribution in [0.5, 0.6) is 34.5 Å². The first-order valence-corrected chi connectivity index (χ1v) is 24.2. The van der Waals surface area contributed by atoms with Gasteiger partial charge in [-0.2, -0.15) is 0 Å². The maximum Gasteiger partial charge on any atom is 0.196 e. The van der Waals surface area contributed by atoms with Gasteiger partial charge in [-0.15, -0.1) is 0 Å². The fourth-order valence-electron chi connectivity index (χ4n) is 15.8. The summed E-state index contributed by atoms with van der Waals surface area (Å²) in [6.45, 7) is 3.40. The van der Waals surface area contributed by atoms with Crippen LogP contribution in [0.2, 0.25) is 0 Å². The molecule has 352 valence electrons. The van der Waals surface area contributed by atoms with Crippen molar-refractivity contribution < 1.29 is 59.2 Å². The molecule has 6 aliphatic heterocycles. The van der Waals surface area contributed by atoms with Gasteiger partial charge in [0.05, 0.1) is 16.2 Å². The van der Waals surface area contributed by atoms with Gasteiger partial charge in [0.15, 0.2) is 70.2 Å². The molecule has 6 heterocycles. The van der Waals surface area contributed by atoms with Crippen molar-refractivity contribution in [3.05, 3.63) is 106 Å². The quantitative estimate of drug-likeness (QED) is 0.196. The Morgan fingerprint density at radius 2 is 1.03 bits per heavy atom. The number of nitrogens with one attached hydrogen (secondary N) is 1. The number of phenols is 3. The SMILES string of the molecule is CN1CC[C@]23c4c5ccc(O)c4O[C@H]2C(=O)C=C[C@@]3(O)C1C5.O=C1C=C[C@@]2(O)C3Cc4ccc(O)c5c4[C@@]2(CCN3)[C@H]1O5.O=C1C=C[C@@]2(O)C3Cc4ccc(O)c5c4[C@@]2(CCN3CC2CC2)[C@H]1O5. The van der Waals surface area contributed by atoms with E-state index in [0.29, 0.717) is 49.4 Å². The van der Waals surface area contributed by atoms with Crippen molar-refractivity contribution in [1.29, 1.82) is 0 Å². The number of benzene rings is 3. The number of phenolic OH excluding ortho intramolecular Hbond substituents is 3. The van der Waals surface area contributed by atoms with Crippen LogP contribution < -0.4 is 19.5 Å². The average molecular weight is 924 g/mol. The van der Waals surface area contributed by atoms with E-state index in [4.69, 9.17) is 14.2 Å². The summed E-state index contributed by atoms with van der Waals surface area (Å²) in [4.78, 5) is 42.0. The summed E-state index contributed by atoms with van der Waals surface area (Å²) in [7, 11) is 2.01. The van der Waals surface area contributed by atoms with Crippen LogP contribution in [0.1, 0.15) is 65.5 Å². The highest BCUT2D eigenvalue weighted by molar-refractivity contribution is 6.00. The molecule has 15 nitrogen and oxygen atoms in total. The first kappa shape index (κ1) is 41.4. The van der Waals surface area contributed by atoms with Crippen LogP contribution in [-0.4, -0.2) is 144 Å². The number of likely N-dealkylation sites (tertiary alicyclic amines) is 2. The largest absolute Gasteiger partial charge is 0.504 e. The van der Waals surface area contributed by atoms with Crippen LogP contribution in [-0.2, 0) is 49.9 Å². The van der Waals surface area contributed by atoms with Gasteiger partial charge in [0.2, 0.25) is 0 Å². The van der Waals surface area contributed by atoms with E-state index < -0.39 is 51.4 Å². The first-order valence-electron chi connectivity index (χ1n) is 24.2. The molecule has 68 heavy (non-hydrogen) atoms. The summed E-state index contributed by atoms with van der Waals surface area (Å²) in [6.07, 6.45) is 13.8. The molecule has 15 heteroatoms. The number of hydrogen-bond acceptors (Lipinski definition) is 15. The molecule has 7 aliphatic carbocycles. The third-order valence-electron chi connectivity index (χ3n) is 19.0. The molecular formula is C53H53N3O12. The van der Waals surface area contributed by atoms with Crippen molar-refractivity contribution in [2.45, 2.75) is 121 Å². The standard InChI is InChI=1S/C20H21NO4.C17H17NO4.C16H15NO4/c22-13-4-3-12-9-15-20(24)6-5-14(23)18-19(20,16(12)17(13)25-18)7-8-21(15)10-11-1-2-11;1-18-7-6-16-13-9-2-3-10(19)14(13)22-15(16)11(20)4-5-17(16,21)12(18)8-9;18-9-2-1-8-7-11-16(20)4-3-10(19)14-15(16,5-6-17-11)12(8)13(9)21-14/h3-6,11,15,18,22,24H,1-2,7-10H2;2-5,12,15,19,21H,6-8H2,1H3;1-4,11,14,17-18,20H,5-7H2/t15?,18-,19-,20+;12?,15-,16-,17+;11?,14-,15-,16+/m000/s1. The molecule has 1 saturated carbocycles. The van der Waals surface area contributed by atoms with Gasteiger partial charge < -0.3 is 50.2 Å². The zero-order valence-corrected chi connectivity index (χ0v) is 37.5. The van der Waals surface area contributed by atoms with Gasteiger partial charge in [0.25, 0.3) is 0 Å². The number of carbonyl (C=O) groups excluding carboxylic acids is 3. The Labute approximate surface area is 391 Å². The van der Waals surface area contributed by atoms with Gasteiger partial charge in [-0.05, 0) is 155 Å². The van der Waals surface area contributed by atoms with Crippen molar-refractivity contribution in [2.75, 3.05) is 33.2 Å². The minimum atomic E-state index is -1.14. The zero-order valence-electron chi connectivity index (χ0n) is 37.5. The first-order chi connectivity index (χ1) is 32.6. The Hall–Kier alpha value is -5.55. The van der Waals surface area contributed by atoms with E-state index in [1.165, 1.54) is 31.1 Å². The molecule has 4 fully saturated rings. The number of ether oxygens (including phenoxy) is 3. The molecule has 0 radical (unpaired) electrons. The maximum atomic E-state index is 12.6.